The van der Waals surface area contributed by atoms with E-state index in [9.17, 15) is 9.90 Å². The molecular formula is C16H28N4O3. The van der Waals surface area contributed by atoms with Crippen LogP contribution in [0.5, 0.6) is 0 Å². The monoisotopic (exact) mass is 324 g/mol. The molecule has 1 aromatic heterocycles. The van der Waals surface area contributed by atoms with Gasteiger partial charge in [-0.1, -0.05) is 13.8 Å². The van der Waals surface area contributed by atoms with Crippen molar-refractivity contribution in [1.82, 2.24) is 19.8 Å². The predicted molar refractivity (Wildman–Crippen MR) is 87.3 cm³/mol. The lowest BCUT2D eigenvalue weighted by Crippen LogP contribution is -2.46. The van der Waals surface area contributed by atoms with Crippen molar-refractivity contribution < 1.29 is 14.6 Å². The molecule has 0 saturated carbocycles. The molecule has 0 atom stereocenters. The standard InChI is InChI=1S/C16H28N4O3/c1-13-14(18-12-17-13)8-20(9-15(21)22)11-16(2,3)10-19-4-6-23-7-5-19/h12H,4-11H2,1-3H3,(H,17,18)(H,21,22). The number of aromatic nitrogens is 2. The number of H-pyrrole nitrogens is 1. The number of imidazole rings is 1. The highest BCUT2D eigenvalue weighted by Gasteiger charge is 2.27. The molecule has 0 spiro atoms. The van der Waals surface area contributed by atoms with Crippen LogP contribution < -0.4 is 0 Å². The van der Waals surface area contributed by atoms with Gasteiger partial charge in [-0.25, -0.2) is 4.98 Å². The summed E-state index contributed by atoms with van der Waals surface area (Å²) in [6.45, 7) is 12.0. The smallest absolute Gasteiger partial charge is 0.317 e. The SMILES string of the molecule is Cc1[nH]cnc1CN(CC(=O)O)CC(C)(C)CN1CCOCC1. The van der Waals surface area contributed by atoms with E-state index in [2.05, 4.69) is 28.7 Å². The van der Waals surface area contributed by atoms with Crippen LogP contribution in [0, 0.1) is 12.3 Å². The molecule has 1 aromatic rings. The Morgan fingerprint density at radius 3 is 2.74 bits per heavy atom. The number of nitrogens with one attached hydrogen (secondary N) is 1. The number of aromatic amines is 1. The largest absolute Gasteiger partial charge is 0.480 e. The second-order valence-electron chi connectivity index (χ2n) is 7.07. The van der Waals surface area contributed by atoms with Gasteiger partial charge >= 0.3 is 5.97 Å². The Hall–Kier alpha value is -1.44. The Bertz CT molecular complexity index is 509. The summed E-state index contributed by atoms with van der Waals surface area (Å²) in [7, 11) is 0. The number of rotatable bonds is 8. The number of carboxylic acid groups (broad SMARTS) is 1. The van der Waals surface area contributed by atoms with E-state index in [1.165, 1.54) is 0 Å². The summed E-state index contributed by atoms with van der Waals surface area (Å²) in [6, 6.07) is 0. The van der Waals surface area contributed by atoms with E-state index in [4.69, 9.17) is 4.74 Å². The van der Waals surface area contributed by atoms with Gasteiger partial charge in [0.25, 0.3) is 0 Å². The predicted octanol–water partition coefficient (Wildman–Crippen LogP) is 0.963. The van der Waals surface area contributed by atoms with Gasteiger partial charge in [0.15, 0.2) is 0 Å². The van der Waals surface area contributed by atoms with Crippen molar-refractivity contribution in [2.45, 2.75) is 27.3 Å². The zero-order valence-electron chi connectivity index (χ0n) is 14.3. The minimum atomic E-state index is -0.805. The molecule has 2 heterocycles. The minimum Gasteiger partial charge on any atom is -0.480 e. The molecule has 0 unspecified atom stereocenters. The number of carboxylic acids is 1. The van der Waals surface area contributed by atoms with Crippen molar-refractivity contribution in [2.24, 2.45) is 5.41 Å². The van der Waals surface area contributed by atoms with Gasteiger partial charge < -0.3 is 14.8 Å². The topological polar surface area (TPSA) is 81.7 Å². The Kier molecular flexibility index (Phi) is 6.15. The molecular weight excluding hydrogens is 296 g/mol. The molecule has 1 fully saturated rings. The molecule has 1 aliphatic rings. The minimum absolute atomic E-state index is 0.00297. The first-order valence-electron chi connectivity index (χ1n) is 8.09. The number of aryl methyl sites for hydroxylation is 1. The number of hydrogen-bond donors (Lipinski definition) is 2. The fourth-order valence-corrected chi connectivity index (χ4v) is 3.14. The zero-order chi connectivity index (χ0) is 16.9. The van der Waals surface area contributed by atoms with Gasteiger partial charge in [-0.3, -0.25) is 14.6 Å². The summed E-state index contributed by atoms with van der Waals surface area (Å²) < 4.78 is 5.39. The molecule has 2 rings (SSSR count). The summed E-state index contributed by atoms with van der Waals surface area (Å²) in [4.78, 5) is 22.9. The second kappa shape index (κ2) is 7.90. The van der Waals surface area contributed by atoms with Gasteiger partial charge in [0.05, 0.1) is 31.8 Å². The molecule has 0 radical (unpaired) electrons. The van der Waals surface area contributed by atoms with Gasteiger partial charge in [0.2, 0.25) is 0 Å². The fraction of sp³-hybridized carbons (Fsp3) is 0.750. The lowest BCUT2D eigenvalue weighted by molar-refractivity contribution is -0.138. The average Bonchev–Trinajstić information content (AvgIpc) is 2.83. The molecule has 7 heteroatoms. The normalized spacial score (nSPS) is 16.9. The van der Waals surface area contributed by atoms with Crippen LogP contribution in [0.25, 0.3) is 0 Å². The maximum atomic E-state index is 11.2. The third kappa shape index (κ3) is 5.93. The van der Waals surface area contributed by atoms with Crippen LogP contribution in [0.2, 0.25) is 0 Å². The maximum absolute atomic E-state index is 11.2. The van der Waals surface area contributed by atoms with Gasteiger partial charge in [0, 0.05) is 38.4 Å². The molecule has 0 aromatic carbocycles. The maximum Gasteiger partial charge on any atom is 0.317 e. The Morgan fingerprint density at radius 2 is 2.17 bits per heavy atom. The lowest BCUT2D eigenvalue weighted by atomic mass is 9.91. The average molecular weight is 324 g/mol. The number of aliphatic carboxylic acids is 1. The van der Waals surface area contributed by atoms with Crippen LogP contribution in [0.1, 0.15) is 25.2 Å². The van der Waals surface area contributed by atoms with E-state index in [-0.39, 0.29) is 12.0 Å². The number of carbonyl (C=O) groups is 1. The summed E-state index contributed by atoms with van der Waals surface area (Å²) in [6.07, 6.45) is 1.66. The van der Waals surface area contributed by atoms with Gasteiger partial charge in [-0.15, -0.1) is 0 Å². The molecule has 2 N–H and O–H groups in total. The lowest BCUT2D eigenvalue weighted by Gasteiger charge is -2.37. The first kappa shape index (κ1) is 17.9. The summed E-state index contributed by atoms with van der Waals surface area (Å²) in [5.41, 5.74) is 1.90. The van der Waals surface area contributed by atoms with Gasteiger partial charge in [0.1, 0.15) is 0 Å². The van der Waals surface area contributed by atoms with Crippen LogP contribution in [0.15, 0.2) is 6.33 Å². The number of morpholine rings is 1. The van der Waals surface area contributed by atoms with Crippen molar-refractivity contribution in [3.8, 4) is 0 Å². The summed E-state index contributed by atoms with van der Waals surface area (Å²) in [5.74, 6) is -0.805. The zero-order valence-corrected chi connectivity index (χ0v) is 14.3. The van der Waals surface area contributed by atoms with Gasteiger partial charge in [-0.2, -0.15) is 0 Å². The molecule has 1 saturated heterocycles. The highest BCUT2D eigenvalue weighted by molar-refractivity contribution is 5.69. The van der Waals surface area contributed by atoms with Gasteiger partial charge in [-0.05, 0) is 12.3 Å². The van der Waals surface area contributed by atoms with Crippen LogP contribution >= 0.6 is 0 Å². The van der Waals surface area contributed by atoms with E-state index in [1.54, 1.807) is 6.33 Å². The van der Waals surface area contributed by atoms with Crippen molar-refractivity contribution in [3.63, 3.8) is 0 Å². The number of nitrogens with zero attached hydrogens (tertiary/aromatic N) is 3. The molecule has 130 valence electrons. The molecule has 0 bridgehead atoms. The van der Waals surface area contributed by atoms with Crippen LogP contribution in [-0.2, 0) is 16.1 Å². The van der Waals surface area contributed by atoms with E-state index < -0.39 is 5.97 Å². The molecule has 0 amide bonds. The molecule has 23 heavy (non-hydrogen) atoms. The molecule has 1 aliphatic heterocycles. The molecule has 0 aliphatic carbocycles. The highest BCUT2D eigenvalue weighted by atomic mass is 16.5. The third-order valence-corrected chi connectivity index (χ3v) is 4.07. The van der Waals surface area contributed by atoms with E-state index in [1.807, 2.05) is 11.8 Å². The van der Waals surface area contributed by atoms with E-state index in [0.717, 1.165) is 44.2 Å². The Labute approximate surface area is 137 Å². The van der Waals surface area contributed by atoms with Crippen molar-refractivity contribution >= 4 is 5.97 Å². The van der Waals surface area contributed by atoms with E-state index >= 15 is 0 Å². The second-order valence-corrected chi connectivity index (χ2v) is 7.07. The number of hydrogen-bond acceptors (Lipinski definition) is 5. The first-order valence-corrected chi connectivity index (χ1v) is 8.09. The van der Waals surface area contributed by atoms with Crippen molar-refractivity contribution in [1.29, 1.82) is 0 Å². The quantitative estimate of drug-likeness (QED) is 0.741. The number of ether oxygens (including phenoxy) is 1. The Morgan fingerprint density at radius 1 is 1.48 bits per heavy atom. The van der Waals surface area contributed by atoms with Crippen molar-refractivity contribution in [2.75, 3.05) is 45.9 Å². The Balaban J connectivity index is 1.97. The van der Waals surface area contributed by atoms with E-state index in [0.29, 0.717) is 13.1 Å². The highest BCUT2D eigenvalue weighted by Crippen LogP contribution is 2.21. The first-order chi connectivity index (χ1) is 10.9. The van der Waals surface area contributed by atoms with Crippen LogP contribution in [-0.4, -0.2) is 76.8 Å². The van der Waals surface area contributed by atoms with Crippen LogP contribution in [0.3, 0.4) is 0 Å². The van der Waals surface area contributed by atoms with Crippen molar-refractivity contribution in [3.05, 3.63) is 17.7 Å². The van der Waals surface area contributed by atoms with Crippen LogP contribution in [0.4, 0.5) is 0 Å². The molecule has 7 nitrogen and oxygen atoms in total. The summed E-state index contributed by atoms with van der Waals surface area (Å²) >= 11 is 0. The summed E-state index contributed by atoms with van der Waals surface area (Å²) in [5, 5.41) is 9.20. The fourth-order valence-electron chi connectivity index (χ4n) is 3.14. The third-order valence-electron chi connectivity index (χ3n) is 4.07.